The second kappa shape index (κ2) is 4.22. The maximum absolute atomic E-state index is 11.1. The van der Waals surface area contributed by atoms with Crippen molar-refractivity contribution in [3.8, 4) is 0 Å². The molecule has 0 aliphatic rings. The summed E-state index contributed by atoms with van der Waals surface area (Å²) < 4.78 is 0.625. The SMILES string of the molecule is CC(=O)c1cc(I)c(Cl)cc1[N+](=O)[O-]. The van der Waals surface area contributed by atoms with Gasteiger partial charge in [-0.15, -0.1) is 0 Å². The van der Waals surface area contributed by atoms with Gasteiger partial charge in [0.05, 0.1) is 15.5 Å². The Balaban J connectivity index is 3.46. The summed E-state index contributed by atoms with van der Waals surface area (Å²) in [5, 5.41) is 10.9. The predicted molar refractivity (Wildman–Crippen MR) is 60.8 cm³/mol. The Labute approximate surface area is 98.5 Å². The van der Waals surface area contributed by atoms with E-state index >= 15 is 0 Å². The topological polar surface area (TPSA) is 60.2 Å². The second-order valence-electron chi connectivity index (χ2n) is 2.60. The summed E-state index contributed by atoms with van der Waals surface area (Å²) in [6.45, 7) is 1.28. The molecule has 74 valence electrons. The van der Waals surface area contributed by atoms with Gasteiger partial charge in [-0.3, -0.25) is 14.9 Å². The van der Waals surface area contributed by atoms with Crippen LogP contribution in [0.5, 0.6) is 0 Å². The molecule has 14 heavy (non-hydrogen) atoms. The first-order chi connectivity index (χ1) is 6.43. The van der Waals surface area contributed by atoms with Crippen molar-refractivity contribution >= 4 is 45.7 Å². The molecular formula is C8H5ClINO3. The molecule has 0 aliphatic heterocycles. The van der Waals surface area contributed by atoms with Gasteiger partial charge in [0.2, 0.25) is 0 Å². The molecule has 1 aromatic rings. The average Bonchev–Trinajstić information content (AvgIpc) is 2.08. The molecule has 0 spiro atoms. The minimum Gasteiger partial charge on any atom is -0.294 e. The van der Waals surface area contributed by atoms with Crippen LogP contribution in [0.3, 0.4) is 0 Å². The summed E-state index contributed by atoms with van der Waals surface area (Å²) in [7, 11) is 0. The average molecular weight is 325 g/mol. The zero-order valence-electron chi connectivity index (χ0n) is 7.08. The van der Waals surface area contributed by atoms with Crippen LogP contribution in [0.1, 0.15) is 17.3 Å². The summed E-state index contributed by atoms with van der Waals surface area (Å²) in [5.41, 5.74) is -0.160. The molecule has 0 fully saturated rings. The van der Waals surface area contributed by atoms with E-state index in [1.807, 2.05) is 22.6 Å². The molecule has 0 saturated heterocycles. The van der Waals surface area contributed by atoms with Crippen LogP contribution in [0.4, 0.5) is 5.69 Å². The zero-order valence-corrected chi connectivity index (χ0v) is 10.00. The summed E-state index contributed by atoms with van der Waals surface area (Å²) in [5.74, 6) is -0.341. The van der Waals surface area contributed by atoms with Gasteiger partial charge in [0.1, 0.15) is 0 Å². The minimum absolute atomic E-state index is 0.0869. The van der Waals surface area contributed by atoms with Gasteiger partial charge in [-0.1, -0.05) is 11.6 Å². The van der Waals surface area contributed by atoms with Crippen LogP contribution in [0.2, 0.25) is 5.02 Å². The second-order valence-corrected chi connectivity index (χ2v) is 4.17. The van der Waals surface area contributed by atoms with E-state index in [4.69, 9.17) is 11.6 Å². The Hall–Kier alpha value is -0.690. The molecule has 0 bridgehead atoms. The maximum atomic E-state index is 11.1. The number of nitro groups is 1. The van der Waals surface area contributed by atoms with Crippen LogP contribution in [-0.2, 0) is 0 Å². The number of hydrogen-bond acceptors (Lipinski definition) is 3. The van der Waals surface area contributed by atoms with E-state index in [0.717, 1.165) is 0 Å². The van der Waals surface area contributed by atoms with Crippen LogP contribution in [0.15, 0.2) is 12.1 Å². The standard InChI is InChI=1S/C8H5ClINO3/c1-4(12)5-2-7(10)6(9)3-8(5)11(13)14/h2-3H,1H3. The van der Waals surface area contributed by atoms with Crippen LogP contribution < -0.4 is 0 Å². The Kier molecular flexibility index (Phi) is 3.43. The number of carbonyl (C=O) groups is 1. The van der Waals surface area contributed by atoms with Gasteiger partial charge < -0.3 is 0 Å². The first-order valence-electron chi connectivity index (χ1n) is 3.58. The van der Waals surface area contributed by atoms with E-state index in [-0.39, 0.29) is 22.1 Å². The van der Waals surface area contributed by atoms with Gasteiger partial charge in [0, 0.05) is 9.64 Å². The summed E-state index contributed by atoms with van der Waals surface area (Å²) in [6.07, 6.45) is 0. The Bertz CT molecular complexity index is 380. The highest BCUT2D eigenvalue weighted by atomic mass is 127. The quantitative estimate of drug-likeness (QED) is 0.363. The van der Waals surface area contributed by atoms with Gasteiger partial charge in [-0.2, -0.15) is 0 Å². The lowest BCUT2D eigenvalue weighted by molar-refractivity contribution is -0.385. The van der Waals surface area contributed by atoms with Crippen molar-refractivity contribution in [2.24, 2.45) is 0 Å². The summed E-state index contributed by atoms with van der Waals surface area (Å²) >= 11 is 7.63. The van der Waals surface area contributed by atoms with Crippen LogP contribution >= 0.6 is 34.2 Å². The number of nitrogens with zero attached hydrogens (tertiary/aromatic N) is 1. The number of benzene rings is 1. The Morgan fingerprint density at radius 2 is 2.14 bits per heavy atom. The molecule has 0 saturated carbocycles. The zero-order chi connectivity index (χ0) is 10.9. The molecule has 1 rings (SSSR count). The van der Waals surface area contributed by atoms with Gasteiger partial charge in [0.15, 0.2) is 5.78 Å². The smallest absolute Gasteiger partial charge is 0.281 e. The fourth-order valence-corrected chi connectivity index (χ4v) is 1.59. The lowest BCUT2D eigenvalue weighted by atomic mass is 10.1. The highest BCUT2D eigenvalue weighted by molar-refractivity contribution is 14.1. The van der Waals surface area contributed by atoms with Gasteiger partial charge in [-0.05, 0) is 35.6 Å². The molecule has 6 heteroatoms. The molecular weight excluding hydrogens is 320 g/mol. The largest absolute Gasteiger partial charge is 0.294 e. The summed E-state index contributed by atoms with van der Waals surface area (Å²) in [6, 6.07) is 2.61. The Morgan fingerprint density at radius 1 is 1.57 bits per heavy atom. The fourth-order valence-electron chi connectivity index (χ4n) is 0.969. The van der Waals surface area contributed by atoms with Crippen molar-refractivity contribution in [2.45, 2.75) is 6.92 Å². The third-order valence-electron chi connectivity index (χ3n) is 1.61. The molecule has 0 radical (unpaired) electrons. The molecule has 0 heterocycles. The van der Waals surface area contributed by atoms with E-state index in [2.05, 4.69) is 0 Å². The van der Waals surface area contributed by atoms with Crippen LogP contribution in [0, 0.1) is 13.7 Å². The lowest BCUT2D eigenvalue weighted by Crippen LogP contribution is -2.00. The number of halogens is 2. The molecule has 0 amide bonds. The molecule has 4 nitrogen and oxygen atoms in total. The third-order valence-corrected chi connectivity index (χ3v) is 3.14. The predicted octanol–water partition coefficient (Wildman–Crippen LogP) is 3.06. The number of nitro benzene ring substituents is 1. The van der Waals surface area contributed by atoms with E-state index in [1.165, 1.54) is 19.1 Å². The van der Waals surface area contributed by atoms with Gasteiger partial charge in [-0.25, -0.2) is 0 Å². The van der Waals surface area contributed by atoms with E-state index in [0.29, 0.717) is 3.57 Å². The van der Waals surface area contributed by atoms with Gasteiger partial charge in [0.25, 0.3) is 5.69 Å². The van der Waals surface area contributed by atoms with Crippen molar-refractivity contribution in [3.05, 3.63) is 36.4 Å². The fraction of sp³-hybridized carbons (Fsp3) is 0.125. The molecule has 1 aromatic carbocycles. The molecule has 0 unspecified atom stereocenters. The van der Waals surface area contributed by atoms with Crippen molar-refractivity contribution < 1.29 is 9.72 Å². The molecule has 0 aliphatic carbocycles. The summed E-state index contributed by atoms with van der Waals surface area (Å²) in [4.78, 5) is 21.1. The number of carbonyl (C=O) groups excluding carboxylic acids is 1. The number of hydrogen-bond donors (Lipinski definition) is 0. The van der Waals surface area contributed by atoms with E-state index in [1.54, 1.807) is 0 Å². The lowest BCUT2D eigenvalue weighted by Gasteiger charge is -2.01. The van der Waals surface area contributed by atoms with Gasteiger partial charge >= 0.3 is 0 Å². The van der Waals surface area contributed by atoms with Crippen LogP contribution in [-0.4, -0.2) is 10.7 Å². The molecule has 0 aromatic heterocycles. The maximum Gasteiger partial charge on any atom is 0.281 e. The Morgan fingerprint density at radius 3 is 2.57 bits per heavy atom. The van der Waals surface area contributed by atoms with Crippen molar-refractivity contribution in [1.29, 1.82) is 0 Å². The van der Waals surface area contributed by atoms with Crippen molar-refractivity contribution in [1.82, 2.24) is 0 Å². The molecule has 0 N–H and O–H groups in total. The third kappa shape index (κ3) is 2.21. The molecule has 0 atom stereocenters. The number of Topliss-reactive ketones (excluding diaryl/α,β-unsaturated/α-hetero) is 1. The first kappa shape index (κ1) is 11.4. The van der Waals surface area contributed by atoms with E-state index in [9.17, 15) is 14.9 Å². The monoisotopic (exact) mass is 325 g/mol. The number of rotatable bonds is 2. The number of ketones is 1. The van der Waals surface area contributed by atoms with Crippen molar-refractivity contribution in [3.63, 3.8) is 0 Å². The highest BCUT2D eigenvalue weighted by Gasteiger charge is 2.19. The van der Waals surface area contributed by atoms with Crippen LogP contribution in [0.25, 0.3) is 0 Å². The highest BCUT2D eigenvalue weighted by Crippen LogP contribution is 2.28. The normalized spacial score (nSPS) is 9.93. The first-order valence-corrected chi connectivity index (χ1v) is 5.03. The van der Waals surface area contributed by atoms with E-state index < -0.39 is 4.92 Å². The van der Waals surface area contributed by atoms with Crippen molar-refractivity contribution in [2.75, 3.05) is 0 Å². The minimum atomic E-state index is -0.612.